The molecule has 1 N–H and O–H groups in total. The van der Waals surface area contributed by atoms with Gasteiger partial charge in [0.25, 0.3) is 0 Å². The van der Waals surface area contributed by atoms with Gasteiger partial charge in [-0.1, -0.05) is 11.6 Å². The quantitative estimate of drug-likeness (QED) is 0.840. The number of hydrogen-bond donors (Lipinski definition) is 1. The fourth-order valence-electron chi connectivity index (χ4n) is 2.70. The average molecular weight is 302 g/mol. The summed E-state index contributed by atoms with van der Waals surface area (Å²) < 4.78 is 12.9. The smallest absolute Gasteiger partial charge is 0.0834 e. The van der Waals surface area contributed by atoms with Gasteiger partial charge in [0.1, 0.15) is 0 Å². The number of halogens is 1. The summed E-state index contributed by atoms with van der Waals surface area (Å²) in [6.07, 6.45) is 6.49. The lowest BCUT2D eigenvalue weighted by atomic mass is 10.00. The van der Waals surface area contributed by atoms with E-state index in [-0.39, 0.29) is 6.04 Å². The molecular weight excluding hydrogens is 278 g/mol. The van der Waals surface area contributed by atoms with Crippen LogP contribution in [0.3, 0.4) is 0 Å². The number of rotatable bonds is 7. The van der Waals surface area contributed by atoms with Crippen molar-refractivity contribution >= 4 is 11.6 Å². The van der Waals surface area contributed by atoms with Crippen molar-refractivity contribution in [1.82, 2.24) is 15.1 Å². The van der Waals surface area contributed by atoms with Crippen LogP contribution < -0.4 is 5.32 Å². The second-order valence-electron chi connectivity index (χ2n) is 5.16. The molecule has 1 fully saturated rings. The topological polar surface area (TPSA) is 48.3 Å². The number of methoxy groups -OCH3 is 1. The van der Waals surface area contributed by atoms with Crippen molar-refractivity contribution in [3.05, 3.63) is 16.9 Å². The molecular formula is C14H24ClN3O2. The monoisotopic (exact) mass is 301 g/mol. The second kappa shape index (κ2) is 7.98. The van der Waals surface area contributed by atoms with E-state index in [0.717, 1.165) is 25.1 Å². The van der Waals surface area contributed by atoms with Crippen LogP contribution in [0.25, 0.3) is 0 Å². The van der Waals surface area contributed by atoms with Crippen LogP contribution in [0.4, 0.5) is 0 Å². The molecule has 1 aromatic rings. The maximum atomic E-state index is 6.31. The molecule has 0 spiro atoms. The van der Waals surface area contributed by atoms with Crippen LogP contribution in [0.5, 0.6) is 0 Å². The van der Waals surface area contributed by atoms with Gasteiger partial charge in [0.2, 0.25) is 0 Å². The fraction of sp³-hybridized carbons (Fsp3) is 0.786. The Morgan fingerprint density at radius 2 is 2.45 bits per heavy atom. The van der Waals surface area contributed by atoms with E-state index in [9.17, 15) is 0 Å². The van der Waals surface area contributed by atoms with Crippen LogP contribution in [0, 0.1) is 0 Å². The third kappa shape index (κ3) is 3.95. The molecule has 1 aliphatic heterocycles. The standard InChI is InChI=1S/C14H24ClN3O2/c1-16-13(9-11-5-3-4-7-20-11)14-12(15)10-17-18(14)6-8-19-2/h10-11,13,16H,3-9H2,1-2H3. The predicted molar refractivity (Wildman–Crippen MR) is 79.1 cm³/mol. The minimum absolute atomic E-state index is 0.157. The molecule has 114 valence electrons. The van der Waals surface area contributed by atoms with Crippen molar-refractivity contribution in [3.8, 4) is 0 Å². The van der Waals surface area contributed by atoms with E-state index in [1.54, 1.807) is 13.3 Å². The molecule has 2 rings (SSSR count). The van der Waals surface area contributed by atoms with Crippen molar-refractivity contribution in [2.45, 2.75) is 44.4 Å². The van der Waals surface area contributed by atoms with Crippen LogP contribution in [0.2, 0.25) is 5.02 Å². The minimum atomic E-state index is 0.157. The molecule has 0 amide bonds. The fourth-order valence-corrected chi connectivity index (χ4v) is 2.97. The van der Waals surface area contributed by atoms with Crippen molar-refractivity contribution < 1.29 is 9.47 Å². The summed E-state index contributed by atoms with van der Waals surface area (Å²) in [7, 11) is 3.65. The first-order valence-corrected chi connectivity index (χ1v) is 7.63. The molecule has 20 heavy (non-hydrogen) atoms. The Hall–Kier alpha value is -0.620. The van der Waals surface area contributed by atoms with Crippen LogP contribution in [-0.4, -0.2) is 43.3 Å². The first-order chi connectivity index (χ1) is 9.76. The molecule has 2 unspecified atom stereocenters. The molecule has 2 atom stereocenters. The third-order valence-corrected chi connectivity index (χ3v) is 4.08. The van der Waals surface area contributed by atoms with Gasteiger partial charge in [-0.25, -0.2) is 0 Å². The molecule has 0 saturated carbocycles. The lowest BCUT2D eigenvalue weighted by molar-refractivity contribution is 0.00492. The molecule has 2 heterocycles. The van der Waals surface area contributed by atoms with Crippen molar-refractivity contribution in [1.29, 1.82) is 0 Å². The van der Waals surface area contributed by atoms with E-state index < -0.39 is 0 Å². The zero-order valence-corrected chi connectivity index (χ0v) is 13.0. The lowest BCUT2D eigenvalue weighted by Gasteiger charge is -2.27. The number of hydrogen-bond acceptors (Lipinski definition) is 4. The summed E-state index contributed by atoms with van der Waals surface area (Å²) >= 11 is 6.31. The molecule has 0 bridgehead atoms. The molecule has 0 radical (unpaired) electrons. The van der Waals surface area contributed by atoms with Crippen LogP contribution in [0.1, 0.15) is 37.4 Å². The van der Waals surface area contributed by atoms with E-state index in [4.69, 9.17) is 21.1 Å². The Labute approximate surface area is 125 Å². The highest BCUT2D eigenvalue weighted by Crippen LogP contribution is 2.29. The number of ether oxygens (including phenoxy) is 2. The van der Waals surface area contributed by atoms with E-state index >= 15 is 0 Å². The molecule has 1 saturated heterocycles. The number of nitrogens with zero attached hydrogens (tertiary/aromatic N) is 2. The summed E-state index contributed by atoms with van der Waals surface area (Å²) in [6, 6.07) is 0.157. The lowest BCUT2D eigenvalue weighted by Crippen LogP contribution is -2.29. The molecule has 1 aliphatic rings. The van der Waals surface area contributed by atoms with Gasteiger partial charge >= 0.3 is 0 Å². The summed E-state index contributed by atoms with van der Waals surface area (Å²) in [5.74, 6) is 0. The van der Waals surface area contributed by atoms with E-state index in [1.165, 1.54) is 12.8 Å². The zero-order chi connectivity index (χ0) is 14.4. The Bertz CT molecular complexity index is 405. The molecule has 5 nitrogen and oxygen atoms in total. The Kier molecular flexibility index (Phi) is 6.29. The first kappa shape index (κ1) is 15.8. The Morgan fingerprint density at radius 1 is 1.60 bits per heavy atom. The van der Waals surface area contributed by atoms with Gasteiger partial charge < -0.3 is 14.8 Å². The molecule has 0 aliphatic carbocycles. The predicted octanol–water partition coefficient (Wildman–Crippen LogP) is 2.40. The summed E-state index contributed by atoms with van der Waals surface area (Å²) in [4.78, 5) is 0. The largest absolute Gasteiger partial charge is 0.383 e. The second-order valence-corrected chi connectivity index (χ2v) is 5.57. The van der Waals surface area contributed by atoms with Crippen molar-refractivity contribution in [2.75, 3.05) is 27.4 Å². The maximum absolute atomic E-state index is 6.31. The van der Waals surface area contributed by atoms with Gasteiger partial charge in [-0.15, -0.1) is 0 Å². The highest BCUT2D eigenvalue weighted by molar-refractivity contribution is 6.31. The summed E-state index contributed by atoms with van der Waals surface area (Å²) in [6.45, 7) is 2.21. The van der Waals surface area contributed by atoms with Gasteiger partial charge in [-0.2, -0.15) is 5.10 Å². The summed E-state index contributed by atoms with van der Waals surface area (Å²) in [5, 5.41) is 8.39. The van der Waals surface area contributed by atoms with E-state index in [2.05, 4.69) is 10.4 Å². The van der Waals surface area contributed by atoms with Crippen LogP contribution in [0.15, 0.2) is 6.20 Å². The van der Waals surface area contributed by atoms with Gasteiger partial charge in [0, 0.05) is 13.7 Å². The minimum Gasteiger partial charge on any atom is -0.383 e. The average Bonchev–Trinajstić information content (AvgIpc) is 2.84. The zero-order valence-electron chi connectivity index (χ0n) is 12.3. The van der Waals surface area contributed by atoms with Gasteiger partial charge in [0.15, 0.2) is 0 Å². The molecule has 0 aromatic carbocycles. The molecule has 6 heteroatoms. The summed E-state index contributed by atoms with van der Waals surface area (Å²) in [5.41, 5.74) is 1.03. The van der Waals surface area contributed by atoms with Gasteiger partial charge in [0.05, 0.1) is 42.2 Å². The highest BCUT2D eigenvalue weighted by Gasteiger charge is 2.24. The van der Waals surface area contributed by atoms with E-state index in [1.807, 2.05) is 11.7 Å². The van der Waals surface area contributed by atoms with Crippen molar-refractivity contribution in [2.24, 2.45) is 0 Å². The highest BCUT2D eigenvalue weighted by atomic mass is 35.5. The van der Waals surface area contributed by atoms with Gasteiger partial charge in [-0.3, -0.25) is 4.68 Å². The third-order valence-electron chi connectivity index (χ3n) is 3.79. The van der Waals surface area contributed by atoms with Crippen LogP contribution in [-0.2, 0) is 16.0 Å². The van der Waals surface area contributed by atoms with Gasteiger partial charge in [-0.05, 0) is 32.7 Å². The Balaban J connectivity index is 2.07. The normalized spacial score (nSPS) is 21.1. The number of nitrogens with one attached hydrogen (secondary N) is 1. The maximum Gasteiger partial charge on any atom is 0.0834 e. The van der Waals surface area contributed by atoms with Crippen molar-refractivity contribution in [3.63, 3.8) is 0 Å². The van der Waals surface area contributed by atoms with E-state index in [0.29, 0.717) is 24.3 Å². The number of aromatic nitrogens is 2. The SMILES string of the molecule is CNC(CC1CCCCO1)c1c(Cl)cnn1CCOC. The first-order valence-electron chi connectivity index (χ1n) is 7.25. The van der Waals surface area contributed by atoms with Crippen LogP contribution >= 0.6 is 11.6 Å². The Morgan fingerprint density at radius 3 is 3.10 bits per heavy atom. The molecule has 1 aromatic heterocycles.